The third-order valence-corrected chi connectivity index (χ3v) is 2.91. The van der Waals surface area contributed by atoms with Crippen LogP contribution in [-0.2, 0) is 9.53 Å². The van der Waals surface area contributed by atoms with Crippen molar-refractivity contribution in [3.8, 4) is 0 Å². The third kappa shape index (κ3) is 5.46. The summed E-state index contributed by atoms with van der Waals surface area (Å²) in [5.41, 5.74) is 1.47. The zero-order valence-corrected chi connectivity index (χ0v) is 12.0. The number of carbonyl (C=O) groups is 2. The number of aryl methyl sites for hydroxylation is 1. The zero-order valence-electron chi connectivity index (χ0n) is 11.3. The normalized spacial score (nSPS) is 11.8. The van der Waals surface area contributed by atoms with Crippen molar-refractivity contribution in [3.63, 3.8) is 0 Å². The van der Waals surface area contributed by atoms with Gasteiger partial charge in [0, 0.05) is 24.4 Å². The molecule has 1 atom stereocenters. The van der Waals surface area contributed by atoms with Crippen LogP contribution in [0.1, 0.15) is 12.0 Å². The van der Waals surface area contributed by atoms with Gasteiger partial charge in [-0.1, -0.05) is 17.7 Å². The van der Waals surface area contributed by atoms with Crippen LogP contribution in [0.25, 0.3) is 0 Å². The maximum atomic E-state index is 11.7. The van der Waals surface area contributed by atoms with Crippen molar-refractivity contribution in [2.75, 3.05) is 19.0 Å². The standard InChI is InChI=1S/C13H17ClN2O4/c1-8-3-4-9(14)5-11(8)16-13(19)15-7-10(20-2)6-12(17)18/h3-5,10H,6-7H2,1-2H3,(H,17,18)(H2,15,16,19). The fourth-order valence-corrected chi connectivity index (χ4v) is 1.71. The highest BCUT2D eigenvalue weighted by molar-refractivity contribution is 6.31. The number of nitrogens with one attached hydrogen (secondary N) is 2. The lowest BCUT2D eigenvalue weighted by Gasteiger charge is -2.15. The number of amides is 2. The number of halogens is 1. The van der Waals surface area contributed by atoms with Crippen LogP contribution in [0, 0.1) is 6.92 Å². The summed E-state index contributed by atoms with van der Waals surface area (Å²) in [6.45, 7) is 1.95. The SMILES string of the molecule is COC(CNC(=O)Nc1cc(Cl)ccc1C)CC(=O)O. The summed E-state index contributed by atoms with van der Waals surface area (Å²) < 4.78 is 4.96. The molecule has 1 rings (SSSR count). The van der Waals surface area contributed by atoms with E-state index in [4.69, 9.17) is 21.4 Å². The molecule has 20 heavy (non-hydrogen) atoms. The van der Waals surface area contributed by atoms with Gasteiger partial charge in [0.1, 0.15) is 0 Å². The topological polar surface area (TPSA) is 87.7 Å². The maximum absolute atomic E-state index is 11.7. The first kappa shape index (κ1) is 16.3. The van der Waals surface area contributed by atoms with E-state index in [9.17, 15) is 9.59 Å². The monoisotopic (exact) mass is 300 g/mol. The lowest BCUT2D eigenvalue weighted by molar-refractivity contribution is -0.139. The molecular weight excluding hydrogens is 284 g/mol. The number of methoxy groups -OCH3 is 1. The van der Waals surface area contributed by atoms with E-state index in [0.29, 0.717) is 10.7 Å². The molecule has 1 aromatic carbocycles. The largest absolute Gasteiger partial charge is 0.481 e. The van der Waals surface area contributed by atoms with E-state index in [1.54, 1.807) is 18.2 Å². The number of anilines is 1. The maximum Gasteiger partial charge on any atom is 0.319 e. The van der Waals surface area contributed by atoms with E-state index in [0.717, 1.165) is 5.56 Å². The molecule has 0 bridgehead atoms. The minimum absolute atomic E-state index is 0.105. The predicted molar refractivity (Wildman–Crippen MR) is 76.3 cm³/mol. The summed E-state index contributed by atoms with van der Waals surface area (Å²) >= 11 is 5.85. The molecule has 110 valence electrons. The van der Waals surface area contributed by atoms with Gasteiger partial charge in [-0.25, -0.2) is 4.79 Å². The second-order valence-electron chi connectivity index (χ2n) is 4.25. The van der Waals surface area contributed by atoms with Gasteiger partial charge in [0.25, 0.3) is 0 Å². The van der Waals surface area contributed by atoms with Crippen LogP contribution in [-0.4, -0.2) is 36.9 Å². The van der Waals surface area contributed by atoms with E-state index in [2.05, 4.69) is 10.6 Å². The summed E-state index contributed by atoms with van der Waals surface area (Å²) in [4.78, 5) is 22.3. The molecule has 1 unspecified atom stereocenters. The van der Waals surface area contributed by atoms with Gasteiger partial charge in [-0.05, 0) is 24.6 Å². The highest BCUT2D eigenvalue weighted by Gasteiger charge is 2.13. The van der Waals surface area contributed by atoms with Crippen molar-refractivity contribution in [3.05, 3.63) is 28.8 Å². The van der Waals surface area contributed by atoms with Crippen molar-refractivity contribution in [1.29, 1.82) is 0 Å². The minimum Gasteiger partial charge on any atom is -0.481 e. The number of carboxylic acid groups (broad SMARTS) is 1. The van der Waals surface area contributed by atoms with Crippen molar-refractivity contribution >= 4 is 29.3 Å². The minimum atomic E-state index is -0.982. The molecule has 2 amide bonds. The molecule has 0 aliphatic carbocycles. The summed E-state index contributed by atoms with van der Waals surface area (Å²) in [6.07, 6.45) is -0.744. The van der Waals surface area contributed by atoms with Gasteiger partial charge in [-0.3, -0.25) is 4.79 Å². The lowest BCUT2D eigenvalue weighted by atomic mass is 10.2. The molecule has 0 spiro atoms. The number of ether oxygens (including phenoxy) is 1. The van der Waals surface area contributed by atoms with E-state index in [-0.39, 0.29) is 13.0 Å². The summed E-state index contributed by atoms with van der Waals surface area (Å²) in [5.74, 6) is -0.982. The molecular formula is C13H17ClN2O4. The molecule has 0 radical (unpaired) electrons. The van der Waals surface area contributed by atoms with Gasteiger partial charge < -0.3 is 20.5 Å². The number of urea groups is 1. The number of aliphatic carboxylic acids is 1. The number of carbonyl (C=O) groups excluding carboxylic acids is 1. The molecule has 0 aliphatic rings. The van der Waals surface area contributed by atoms with Crippen molar-refractivity contribution < 1.29 is 19.4 Å². The van der Waals surface area contributed by atoms with Crippen molar-refractivity contribution in [2.24, 2.45) is 0 Å². The molecule has 0 fully saturated rings. The molecule has 0 aliphatic heterocycles. The number of hydrogen-bond acceptors (Lipinski definition) is 3. The first-order valence-electron chi connectivity index (χ1n) is 5.98. The van der Waals surface area contributed by atoms with E-state index >= 15 is 0 Å². The second-order valence-corrected chi connectivity index (χ2v) is 4.69. The Kier molecular flexibility index (Phi) is 6.27. The van der Waals surface area contributed by atoms with Crippen molar-refractivity contribution in [2.45, 2.75) is 19.4 Å². The van der Waals surface area contributed by atoms with E-state index < -0.39 is 18.1 Å². The predicted octanol–water partition coefficient (Wildman–Crippen LogP) is 2.26. The average Bonchev–Trinajstić information content (AvgIpc) is 2.38. The van der Waals surface area contributed by atoms with Crippen molar-refractivity contribution in [1.82, 2.24) is 5.32 Å². The van der Waals surface area contributed by atoms with Gasteiger partial charge in [0.05, 0.1) is 12.5 Å². The molecule has 6 nitrogen and oxygen atoms in total. The van der Waals surface area contributed by atoms with Gasteiger partial charge in [-0.2, -0.15) is 0 Å². The van der Waals surface area contributed by atoms with Crippen LogP contribution in [0.5, 0.6) is 0 Å². The number of carboxylic acids is 1. The Hall–Kier alpha value is -1.79. The number of rotatable bonds is 6. The van der Waals surface area contributed by atoms with Crippen LogP contribution in [0.4, 0.5) is 10.5 Å². The van der Waals surface area contributed by atoms with Crippen LogP contribution in [0.3, 0.4) is 0 Å². The molecule has 0 heterocycles. The summed E-state index contributed by atoms with van der Waals surface area (Å²) in [6, 6.07) is 4.72. The molecule has 1 aromatic rings. The van der Waals surface area contributed by atoms with Gasteiger partial charge >= 0.3 is 12.0 Å². The van der Waals surface area contributed by atoms with Crippen LogP contribution in [0.2, 0.25) is 5.02 Å². The van der Waals surface area contributed by atoms with Crippen LogP contribution >= 0.6 is 11.6 Å². The third-order valence-electron chi connectivity index (χ3n) is 2.67. The zero-order chi connectivity index (χ0) is 15.1. The van der Waals surface area contributed by atoms with Gasteiger partial charge in [0.15, 0.2) is 0 Å². The Morgan fingerprint density at radius 3 is 2.75 bits per heavy atom. The molecule has 0 saturated heterocycles. The number of hydrogen-bond donors (Lipinski definition) is 3. The fourth-order valence-electron chi connectivity index (χ4n) is 1.54. The molecule has 7 heteroatoms. The quantitative estimate of drug-likeness (QED) is 0.752. The van der Waals surface area contributed by atoms with Gasteiger partial charge in [-0.15, -0.1) is 0 Å². The average molecular weight is 301 g/mol. The Morgan fingerprint density at radius 1 is 1.45 bits per heavy atom. The Labute approximate surface area is 122 Å². The molecule has 3 N–H and O–H groups in total. The first-order chi connectivity index (χ1) is 9.42. The molecule has 0 aromatic heterocycles. The Bertz CT molecular complexity index is 493. The summed E-state index contributed by atoms with van der Waals surface area (Å²) in [7, 11) is 1.40. The van der Waals surface area contributed by atoms with Gasteiger partial charge in [0.2, 0.25) is 0 Å². The summed E-state index contributed by atoms with van der Waals surface area (Å²) in [5, 5.41) is 14.4. The van der Waals surface area contributed by atoms with E-state index in [1.807, 2.05) is 6.92 Å². The van der Waals surface area contributed by atoms with Crippen LogP contribution in [0.15, 0.2) is 18.2 Å². The second kappa shape index (κ2) is 7.72. The highest BCUT2D eigenvalue weighted by atomic mass is 35.5. The Balaban J connectivity index is 2.51. The van der Waals surface area contributed by atoms with Crippen LogP contribution < -0.4 is 10.6 Å². The number of benzene rings is 1. The smallest absolute Gasteiger partial charge is 0.319 e. The first-order valence-corrected chi connectivity index (χ1v) is 6.35. The highest BCUT2D eigenvalue weighted by Crippen LogP contribution is 2.19. The molecule has 0 saturated carbocycles. The lowest BCUT2D eigenvalue weighted by Crippen LogP contribution is -2.37. The van der Waals surface area contributed by atoms with E-state index in [1.165, 1.54) is 7.11 Å². The fraction of sp³-hybridized carbons (Fsp3) is 0.385. The Morgan fingerprint density at radius 2 is 2.15 bits per heavy atom.